The molecule has 202 valence electrons. The molecule has 5 nitrogen and oxygen atoms in total. The molecule has 0 N–H and O–H groups in total. The number of nitrogens with zero attached hydrogens (tertiary/aromatic N) is 3. The van der Waals surface area contributed by atoms with E-state index in [4.69, 9.17) is 14.5 Å². The number of ether oxygens (including phenoxy) is 2. The summed E-state index contributed by atoms with van der Waals surface area (Å²) < 4.78 is 15.2. The Bertz CT molecular complexity index is 2130. The Morgan fingerprint density at radius 1 is 0.667 bits per heavy atom. The molecule has 1 aliphatic rings. The first kappa shape index (κ1) is 24.4. The summed E-state index contributed by atoms with van der Waals surface area (Å²) in [5.41, 5.74) is 6.88. The molecule has 0 aliphatic carbocycles. The van der Waals surface area contributed by atoms with Gasteiger partial charge in [-0.15, -0.1) is 0 Å². The fourth-order valence-electron chi connectivity index (χ4n) is 6.25. The second-order valence-electron chi connectivity index (χ2n) is 11.1. The number of aromatic nitrogens is 3. The van der Waals surface area contributed by atoms with Crippen molar-refractivity contribution in [1.82, 2.24) is 14.5 Å². The maximum absolute atomic E-state index is 6.49. The number of rotatable bonds is 4. The molecule has 0 saturated carbocycles. The third-order valence-electron chi connectivity index (χ3n) is 8.16. The van der Waals surface area contributed by atoms with Gasteiger partial charge in [-0.25, -0.2) is 4.98 Å². The highest BCUT2D eigenvalue weighted by molar-refractivity contribution is 6.10. The number of fused-ring (bicyclic) bond motifs is 6. The van der Waals surface area contributed by atoms with Crippen LogP contribution in [0.3, 0.4) is 0 Å². The zero-order valence-electron chi connectivity index (χ0n) is 23.3. The van der Waals surface area contributed by atoms with Gasteiger partial charge in [0.05, 0.1) is 16.9 Å². The summed E-state index contributed by atoms with van der Waals surface area (Å²) in [5, 5.41) is 2.24. The predicted molar refractivity (Wildman–Crippen MR) is 167 cm³/mol. The molecule has 0 bridgehead atoms. The van der Waals surface area contributed by atoms with E-state index in [0.29, 0.717) is 0 Å². The molecule has 0 amide bonds. The van der Waals surface area contributed by atoms with Crippen LogP contribution in [-0.2, 0) is 5.41 Å². The van der Waals surface area contributed by atoms with E-state index in [9.17, 15) is 0 Å². The molecule has 4 heterocycles. The third kappa shape index (κ3) is 3.78. The summed E-state index contributed by atoms with van der Waals surface area (Å²) in [4.78, 5) is 9.36. The summed E-state index contributed by atoms with van der Waals surface area (Å²) in [5.74, 6) is 3.26. The minimum absolute atomic E-state index is 0.296. The Morgan fingerprint density at radius 3 is 2.36 bits per heavy atom. The standard InChI is InChI=1S/C37H27N3O2/c1-37(2)30-15-3-4-17-32(30)42-33-19-18-28-29-14-9-21-39-36(29)40(35(28)34(33)37)25-11-8-13-27(23-25)41-26-12-7-10-24(22-26)31-16-5-6-20-38-31/h3-23H,1-2H3. The van der Waals surface area contributed by atoms with E-state index >= 15 is 0 Å². The molecule has 0 fully saturated rings. The summed E-state index contributed by atoms with van der Waals surface area (Å²) in [7, 11) is 0. The molecular weight excluding hydrogens is 518 g/mol. The van der Waals surface area contributed by atoms with Gasteiger partial charge in [-0.05, 0) is 66.7 Å². The Morgan fingerprint density at radius 2 is 1.48 bits per heavy atom. The lowest BCUT2D eigenvalue weighted by Gasteiger charge is -2.35. The minimum Gasteiger partial charge on any atom is -0.457 e. The Kier molecular flexibility index (Phi) is 5.41. The highest BCUT2D eigenvalue weighted by Crippen LogP contribution is 2.52. The molecule has 5 heteroatoms. The van der Waals surface area contributed by atoms with Crippen LogP contribution in [0.25, 0.3) is 38.9 Å². The number of para-hydroxylation sites is 1. The van der Waals surface area contributed by atoms with E-state index in [1.54, 1.807) is 6.20 Å². The van der Waals surface area contributed by atoms with Gasteiger partial charge >= 0.3 is 0 Å². The topological polar surface area (TPSA) is 49.2 Å². The first-order valence-corrected chi connectivity index (χ1v) is 14.1. The van der Waals surface area contributed by atoms with E-state index in [0.717, 1.165) is 67.4 Å². The molecule has 8 rings (SSSR count). The van der Waals surface area contributed by atoms with E-state index in [-0.39, 0.29) is 5.41 Å². The molecule has 0 spiro atoms. The van der Waals surface area contributed by atoms with Gasteiger partial charge in [0.25, 0.3) is 0 Å². The van der Waals surface area contributed by atoms with Crippen molar-refractivity contribution in [3.05, 3.63) is 139 Å². The van der Waals surface area contributed by atoms with Gasteiger partial charge in [-0.3, -0.25) is 9.55 Å². The van der Waals surface area contributed by atoms with Crippen molar-refractivity contribution < 1.29 is 9.47 Å². The predicted octanol–water partition coefficient (Wildman–Crippen LogP) is 9.46. The molecule has 7 aromatic rings. The van der Waals surface area contributed by atoms with Gasteiger partial charge in [0.1, 0.15) is 28.6 Å². The maximum Gasteiger partial charge on any atom is 0.145 e. The van der Waals surface area contributed by atoms with Gasteiger partial charge < -0.3 is 9.47 Å². The van der Waals surface area contributed by atoms with Crippen LogP contribution in [0.15, 0.2) is 128 Å². The summed E-state index contributed by atoms with van der Waals surface area (Å²) >= 11 is 0. The van der Waals surface area contributed by atoms with Crippen LogP contribution in [0.4, 0.5) is 0 Å². The van der Waals surface area contributed by atoms with E-state index in [2.05, 4.69) is 65.9 Å². The van der Waals surface area contributed by atoms with Crippen molar-refractivity contribution in [3.63, 3.8) is 0 Å². The van der Waals surface area contributed by atoms with Gasteiger partial charge in [0.2, 0.25) is 0 Å². The van der Waals surface area contributed by atoms with Crippen molar-refractivity contribution in [2.24, 2.45) is 0 Å². The van der Waals surface area contributed by atoms with Gasteiger partial charge in [-0.1, -0.05) is 56.3 Å². The Balaban J connectivity index is 1.30. The zero-order chi connectivity index (χ0) is 28.3. The highest BCUT2D eigenvalue weighted by Gasteiger charge is 2.37. The molecule has 0 radical (unpaired) electrons. The van der Waals surface area contributed by atoms with Crippen molar-refractivity contribution in [2.45, 2.75) is 19.3 Å². The molecule has 1 aliphatic heterocycles. The third-order valence-corrected chi connectivity index (χ3v) is 8.16. The van der Waals surface area contributed by atoms with Crippen molar-refractivity contribution in [1.29, 1.82) is 0 Å². The first-order valence-electron chi connectivity index (χ1n) is 14.1. The van der Waals surface area contributed by atoms with Crippen LogP contribution >= 0.6 is 0 Å². The number of hydrogen-bond donors (Lipinski definition) is 0. The first-order chi connectivity index (χ1) is 20.6. The molecular formula is C37H27N3O2. The van der Waals surface area contributed by atoms with E-state index in [1.807, 2.05) is 79.0 Å². The van der Waals surface area contributed by atoms with Gasteiger partial charge in [-0.2, -0.15) is 0 Å². The molecule has 0 saturated heterocycles. The van der Waals surface area contributed by atoms with Crippen LogP contribution < -0.4 is 9.47 Å². The summed E-state index contributed by atoms with van der Waals surface area (Å²) in [6, 6.07) is 38.8. The lowest BCUT2D eigenvalue weighted by molar-refractivity contribution is 0.420. The van der Waals surface area contributed by atoms with Crippen LogP contribution in [0.5, 0.6) is 23.0 Å². The molecule has 4 aromatic carbocycles. The fraction of sp³-hybridized carbons (Fsp3) is 0.0811. The quantitative estimate of drug-likeness (QED) is 0.221. The second kappa shape index (κ2) is 9.32. The Hall–Kier alpha value is -5.42. The van der Waals surface area contributed by atoms with Crippen LogP contribution in [-0.4, -0.2) is 14.5 Å². The van der Waals surface area contributed by atoms with Crippen LogP contribution in [0, 0.1) is 0 Å². The number of benzene rings is 4. The summed E-state index contributed by atoms with van der Waals surface area (Å²) in [6.45, 7) is 4.55. The van der Waals surface area contributed by atoms with Crippen molar-refractivity contribution in [3.8, 4) is 39.9 Å². The normalized spacial score (nSPS) is 13.4. The zero-order valence-corrected chi connectivity index (χ0v) is 23.3. The number of hydrogen-bond acceptors (Lipinski definition) is 4. The molecule has 0 atom stereocenters. The largest absolute Gasteiger partial charge is 0.457 e. The van der Waals surface area contributed by atoms with Crippen molar-refractivity contribution >= 4 is 21.9 Å². The highest BCUT2D eigenvalue weighted by atomic mass is 16.5. The van der Waals surface area contributed by atoms with Gasteiger partial charge in [0, 0.05) is 51.3 Å². The second-order valence-corrected chi connectivity index (χ2v) is 11.1. The Labute approximate surface area is 243 Å². The number of pyridine rings is 2. The summed E-state index contributed by atoms with van der Waals surface area (Å²) in [6.07, 6.45) is 3.65. The average molecular weight is 546 g/mol. The maximum atomic E-state index is 6.49. The SMILES string of the molecule is CC1(C)c2ccccc2Oc2ccc3c4cccnc4n(-c4cccc(Oc5cccc(-c6ccccn6)c5)c4)c3c21. The van der Waals surface area contributed by atoms with E-state index < -0.39 is 0 Å². The van der Waals surface area contributed by atoms with Crippen LogP contribution in [0.2, 0.25) is 0 Å². The minimum atomic E-state index is -0.296. The fourth-order valence-corrected chi connectivity index (χ4v) is 6.25. The lowest BCUT2D eigenvalue weighted by atomic mass is 9.75. The van der Waals surface area contributed by atoms with Crippen LogP contribution in [0.1, 0.15) is 25.0 Å². The monoisotopic (exact) mass is 545 g/mol. The average Bonchev–Trinajstić information content (AvgIpc) is 3.36. The smallest absolute Gasteiger partial charge is 0.145 e. The molecule has 42 heavy (non-hydrogen) atoms. The van der Waals surface area contributed by atoms with Crippen molar-refractivity contribution in [2.75, 3.05) is 0 Å². The van der Waals surface area contributed by atoms with Gasteiger partial charge in [0.15, 0.2) is 0 Å². The molecule has 3 aromatic heterocycles. The van der Waals surface area contributed by atoms with E-state index in [1.165, 1.54) is 5.56 Å². The molecule has 0 unspecified atom stereocenters. The lowest BCUT2D eigenvalue weighted by Crippen LogP contribution is -2.25.